The summed E-state index contributed by atoms with van der Waals surface area (Å²) in [5.74, 6) is 0. The van der Waals surface area contributed by atoms with E-state index < -0.39 is 0 Å². The second-order valence-electron chi connectivity index (χ2n) is 6.23. The first-order valence-electron chi connectivity index (χ1n) is 8.16. The molecule has 4 nitrogen and oxygen atoms in total. The Hall–Kier alpha value is -2.85. The predicted octanol–water partition coefficient (Wildman–Crippen LogP) is 4.80. The van der Waals surface area contributed by atoms with Crippen LogP contribution in [0.1, 0.15) is 17.2 Å². The van der Waals surface area contributed by atoms with E-state index in [-0.39, 0.29) is 6.04 Å². The molecule has 0 atom stereocenters. The summed E-state index contributed by atoms with van der Waals surface area (Å²) in [7, 11) is 2.10. The summed E-state index contributed by atoms with van der Waals surface area (Å²) in [6.45, 7) is 0. The maximum absolute atomic E-state index is 6.11. The number of para-hydroxylation sites is 2. The van der Waals surface area contributed by atoms with Crippen molar-refractivity contribution in [3.63, 3.8) is 0 Å². The molecule has 1 aliphatic heterocycles. The molecule has 0 saturated carbocycles. The summed E-state index contributed by atoms with van der Waals surface area (Å²) in [5, 5.41) is 10.1. The van der Waals surface area contributed by atoms with E-state index >= 15 is 0 Å². The first kappa shape index (κ1) is 14.5. The lowest BCUT2D eigenvalue weighted by atomic mass is 9.91. The topological polar surface area (TPSA) is 34.0 Å². The van der Waals surface area contributed by atoms with E-state index in [0.717, 1.165) is 11.0 Å². The zero-order chi connectivity index (χ0) is 17.0. The molecule has 0 N–H and O–H groups in total. The van der Waals surface area contributed by atoms with Crippen molar-refractivity contribution >= 4 is 34.0 Å². The SMILES string of the molecule is CN1c2ccccc2C(n2nc3ccc(Cl)cc3n2)c2ccccc21. The number of benzene rings is 3. The van der Waals surface area contributed by atoms with Gasteiger partial charge in [-0.05, 0) is 30.3 Å². The summed E-state index contributed by atoms with van der Waals surface area (Å²) in [4.78, 5) is 4.03. The first-order chi connectivity index (χ1) is 12.2. The Labute approximate surface area is 150 Å². The highest BCUT2D eigenvalue weighted by atomic mass is 35.5. The van der Waals surface area contributed by atoms with Gasteiger partial charge in [-0.1, -0.05) is 48.0 Å². The van der Waals surface area contributed by atoms with Crippen LogP contribution in [-0.4, -0.2) is 22.0 Å². The summed E-state index contributed by atoms with van der Waals surface area (Å²) in [6.07, 6.45) is 0. The van der Waals surface area contributed by atoms with Crippen LogP contribution in [0.25, 0.3) is 11.0 Å². The van der Waals surface area contributed by atoms with Crippen LogP contribution in [0.4, 0.5) is 11.4 Å². The zero-order valence-corrected chi connectivity index (χ0v) is 14.4. The number of aromatic nitrogens is 3. The largest absolute Gasteiger partial charge is 0.344 e. The van der Waals surface area contributed by atoms with Gasteiger partial charge in [-0.25, -0.2) is 0 Å². The Morgan fingerprint density at radius 2 is 1.40 bits per heavy atom. The zero-order valence-electron chi connectivity index (χ0n) is 13.6. The maximum atomic E-state index is 6.11. The van der Waals surface area contributed by atoms with Gasteiger partial charge >= 0.3 is 0 Å². The van der Waals surface area contributed by atoms with Gasteiger partial charge in [0.25, 0.3) is 0 Å². The molecule has 0 saturated heterocycles. The van der Waals surface area contributed by atoms with Gasteiger partial charge in [-0.15, -0.1) is 0 Å². The summed E-state index contributed by atoms with van der Waals surface area (Å²) >= 11 is 6.11. The van der Waals surface area contributed by atoms with Gasteiger partial charge in [-0.2, -0.15) is 15.0 Å². The molecule has 5 heteroatoms. The van der Waals surface area contributed by atoms with Crippen LogP contribution in [0.3, 0.4) is 0 Å². The molecular weight excluding hydrogens is 332 g/mol. The van der Waals surface area contributed by atoms with Crippen molar-refractivity contribution in [1.82, 2.24) is 15.0 Å². The van der Waals surface area contributed by atoms with Crippen molar-refractivity contribution in [2.75, 3.05) is 11.9 Å². The van der Waals surface area contributed by atoms with Gasteiger partial charge in [0.1, 0.15) is 17.1 Å². The van der Waals surface area contributed by atoms with Crippen LogP contribution in [0.2, 0.25) is 5.02 Å². The van der Waals surface area contributed by atoms with E-state index in [1.54, 1.807) is 0 Å². The number of nitrogens with zero attached hydrogens (tertiary/aromatic N) is 4. The third-order valence-corrected chi connectivity index (χ3v) is 5.01. The lowest BCUT2D eigenvalue weighted by Gasteiger charge is -2.34. The molecule has 0 amide bonds. The van der Waals surface area contributed by atoms with E-state index in [1.165, 1.54) is 22.5 Å². The summed E-state index contributed by atoms with van der Waals surface area (Å²) < 4.78 is 0. The van der Waals surface area contributed by atoms with Crippen molar-refractivity contribution in [1.29, 1.82) is 0 Å². The van der Waals surface area contributed by atoms with Crippen molar-refractivity contribution < 1.29 is 0 Å². The quantitative estimate of drug-likeness (QED) is 0.496. The van der Waals surface area contributed by atoms with E-state index in [0.29, 0.717) is 5.02 Å². The van der Waals surface area contributed by atoms with Crippen molar-refractivity contribution in [3.05, 3.63) is 82.9 Å². The van der Waals surface area contributed by atoms with E-state index in [1.807, 2.05) is 23.0 Å². The van der Waals surface area contributed by atoms with Crippen LogP contribution in [0.15, 0.2) is 66.7 Å². The highest BCUT2D eigenvalue weighted by Gasteiger charge is 2.31. The molecule has 2 heterocycles. The predicted molar refractivity (Wildman–Crippen MR) is 101 cm³/mol. The third-order valence-electron chi connectivity index (χ3n) is 4.77. The van der Waals surface area contributed by atoms with Crippen molar-refractivity contribution in [2.24, 2.45) is 0 Å². The standard InChI is InChI=1S/C20H15ClN4/c1-24-18-8-4-2-6-14(18)20(15-7-3-5-9-19(15)24)25-22-16-11-10-13(21)12-17(16)23-25/h2-12,20H,1H3. The van der Waals surface area contributed by atoms with Crippen LogP contribution in [-0.2, 0) is 0 Å². The van der Waals surface area contributed by atoms with E-state index in [9.17, 15) is 0 Å². The van der Waals surface area contributed by atoms with E-state index in [4.69, 9.17) is 21.8 Å². The third kappa shape index (κ3) is 2.14. The average molecular weight is 347 g/mol. The minimum atomic E-state index is -0.0604. The molecule has 122 valence electrons. The van der Waals surface area contributed by atoms with Gasteiger partial charge < -0.3 is 4.90 Å². The molecular formula is C20H15ClN4. The summed E-state index contributed by atoms with van der Waals surface area (Å²) in [5.41, 5.74) is 6.38. The Morgan fingerprint density at radius 1 is 0.800 bits per heavy atom. The van der Waals surface area contributed by atoms with Crippen LogP contribution in [0.5, 0.6) is 0 Å². The molecule has 4 aromatic rings. The van der Waals surface area contributed by atoms with Gasteiger partial charge in [0.15, 0.2) is 0 Å². The molecule has 3 aromatic carbocycles. The molecule has 0 spiro atoms. The first-order valence-corrected chi connectivity index (χ1v) is 8.54. The highest BCUT2D eigenvalue weighted by molar-refractivity contribution is 6.31. The second-order valence-corrected chi connectivity index (χ2v) is 6.67. The minimum absolute atomic E-state index is 0.0604. The Morgan fingerprint density at radius 3 is 2.08 bits per heavy atom. The number of rotatable bonds is 1. The lowest BCUT2D eigenvalue weighted by molar-refractivity contribution is 0.522. The fraction of sp³-hybridized carbons (Fsp3) is 0.100. The number of anilines is 2. The van der Waals surface area contributed by atoms with Gasteiger partial charge in [0.2, 0.25) is 0 Å². The monoisotopic (exact) mass is 346 g/mol. The molecule has 0 unspecified atom stereocenters. The van der Waals surface area contributed by atoms with Gasteiger partial charge in [0, 0.05) is 34.6 Å². The molecule has 0 radical (unpaired) electrons. The molecule has 1 aromatic heterocycles. The van der Waals surface area contributed by atoms with Crippen molar-refractivity contribution in [3.8, 4) is 0 Å². The summed E-state index contributed by atoms with van der Waals surface area (Å²) in [6, 6.07) is 22.4. The number of hydrogen-bond acceptors (Lipinski definition) is 3. The molecule has 0 fully saturated rings. The number of halogens is 1. The second kappa shape index (κ2) is 5.33. The molecule has 5 rings (SSSR count). The maximum Gasteiger partial charge on any atom is 0.126 e. The smallest absolute Gasteiger partial charge is 0.126 e. The van der Waals surface area contributed by atoms with E-state index in [2.05, 4.69) is 60.5 Å². The Kier molecular flexibility index (Phi) is 3.09. The van der Waals surface area contributed by atoms with Gasteiger partial charge in [-0.3, -0.25) is 0 Å². The molecule has 25 heavy (non-hydrogen) atoms. The molecule has 0 aliphatic carbocycles. The normalized spacial score (nSPS) is 13.8. The minimum Gasteiger partial charge on any atom is -0.344 e. The Balaban J connectivity index is 1.78. The highest BCUT2D eigenvalue weighted by Crippen LogP contribution is 2.44. The number of fused-ring (bicyclic) bond motifs is 3. The van der Waals surface area contributed by atoms with Crippen LogP contribution in [0, 0.1) is 0 Å². The van der Waals surface area contributed by atoms with Crippen LogP contribution >= 0.6 is 11.6 Å². The van der Waals surface area contributed by atoms with Crippen molar-refractivity contribution in [2.45, 2.75) is 6.04 Å². The van der Waals surface area contributed by atoms with Gasteiger partial charge in [0.05, 0.1) is 0 Å². The Bertz CT molecular complexity index is 1050. The lowest BCUT2D eigenvalue weighted by Crippen LogP contribution is -2.26. The molecule has 0 bridgehead atoms. The average Bonchev–Trinajstić information content (AvgIpc) is 3.05. The fourth-order valence-corrected chi connectivity index (χ4v) is 3.78. The fourth-order valence-electron chi connectivity index (χ4n) is 3.61. The van der Waals surface area contributed by atoms with Crippen LogP contribution < -0.4 is 4.90 Å². The molecule has 1 aliphatic rings. The number of hydrogen-bond donors (Lipinski definition) is 0.